The van der Waals surface area contributed by atoms with Crippen molar-refractivity contribution in [3.63, 3.8) is 0 Å². The van der Waals surface area contributed by atoms with E-state index in [1.165, 1.54) is 15.4 Å². The maximum atomic E-state index is 15.5. The number of para-hydroxylation sites is 1. The molecule has 2 amide bonds. The number of nitrogens with one attached hydrogen (secondary N) is 1. The van der Waals surface area contributed by atoms with Gasteiger partial charge in [0.1, 0.15) is 5.75 Å². The molecule has 9 rings (SSSR count). The minimum Gasteiger partial charge on any atom is -0.508 e. The highest BCUT2D eigenvalue weighted by Crippen LogP contribution is 2.63. The van der Waals surface area contributed by atoms with Crippen molar-refractivity contribution in [2.45, 2.75) is 36.5 Å². The van der Waals surface area contributed by atoms with Gasteiger partial charge in [-0.2, -0.15) is 18.2 Å². The number of pyridine rings is 1. The number of benzene rings is 4. The number of fused-ring (bicyclic) bond motifs is 5. The monoisotopic (exact) mass is 798 g/mol. The molecule has 2 aromatic heterocycles. The number of halogens is 5. The summed E-state index contributed by atoms with van der Waals surface area (Å²) in [5.74, 6) is -4.66. The number of hydrogen-bond donors (Lipinski definition) is 2. The first-order valence-corrected chi connectivity index (χ1v) is 18.1. The van der Waals surface area contributed by atoms with Gasteiger partial charge >= 0.3 is 17.6 Å². The van der Waals surface area contributed by atoms with Crippen molar-refractivity contribution in [2.75, 3.05) is 5.43 Å². The van der Waals surface area contributed by atoms with E-state index in [0.29, 0.717) is 55.5 Å². The molecule has 1 saturated carbocycles. The summed E-state index contributed by atoms with van der Waals surface area (Å²) in [5, 5.41) is 13.7. The van der Waals surface area contributed by atoms with E-state index in [1.807, 2.05) is 12.1 Å². The second-order valence-corrected chi connectivity index (χ2v) is 14.7. The van der Waals surface area contributed by atoms with Crippen LogP contribution in [-0.2, 0) is 27.7 Å². The number of alkyl halides is 3. The minimum atomic E-state index is -4.77. The molecule has 2 fully saturated rings. The van der Waals surface area contributed by atoms with Crippen LogP contribution >= 0.6 is 23.2 Å². The number of nitrogens with zero attached hydrogens (tertiary/aromatic N) is 5. The third-order valence-corrected chi connectivity index (χ3v) is 11.6. The lowest BCUT2D eigenvalue weighted by molar-refractivity contribution is -0.139. The maximum Gasteiger partial charge on any atom is 0.417 e. The first kappa shape index (κ1) is 35.6. The summed E-state index contributed by atoms with van der Waals surface area (Å²) < 4.78 is 44.2. The van der Waals surface area contributed by atoms with Crippen LogP contribution in [0.15, 0.2) is 124 Å². The predicted octanol–water partition coefficient (Wildman–Crippen LogP) is 7.00. The number of aromatic hydroxyl groups is 1. The molecule has 0 unspecified atom stereocenters. The highest BCUT2D eigenvalue weighted by atomic mass is 35.5. The zero-order valence-electron chi connectivity index (χ0n) is 28.7. The number of hydrazine groups is 1. The van der Waals surface area contributed by atoms with Crippen LogP contribution in [0.2, 0.25) is 10.0 Å². The van der Waals surface area contributed by atoms with Gasteiger partial charge in [0.2, 0.25) is 0 Å². The fraction of sp³-hybridized carbons (Fsp3) is 0.175. The van der Waals surface area contributed by atoms with Crippen molar-refractivity contribution in [3.05, 3.63) is 163 Å². The van der Waals surface area contributed by atoms with Crippen molar-refractivity contribution in [1.29, 1.82) is 0 Å². The van der Waals surface area contributed by atoms with Gasteiger partial charge in [0.25, 0.3) is 11.8 Å². The lowest BCUT2D eigenvalue weighted by Gasteiger charge is -2.49. The van der Waals surface area contributed by atoms with Gasteiger partial charge in [-0.1, -0.05) is 89.9 Å². The lowest BCUT2D eigenvalue weighted by Crippen LogP contribution is -2.53. The van der Waals surface area contributed by atoms with Crippen LogP contribution in [-0.4, -0.2) is 40.8 Å². The molecule has 0 radical (unpaired) electrons. The van der Waals surface area contributed by atoms with Gasteiger partial charge in [-0.3, -0.25) is 15.0 Å². The number of carbonyl (C=O) groups is 2. The van der Waals surface area contributed by atoms with Gasteiger partial charge in [-0.05, 0) is 64.7 Å². The molecule has 16 heteroatoms. The summed E-state index contributed by atoms with van der Waals surface area (Å²) in [6.45, 7) is -0.0850. The van der Waals surface area contributed by atoms with Gasteiger partial charge in [0.15, 0.2) is 5.82 Å². The first-order chi connectivity index (χ1) is 26.8. The normalized spacial score (nSPS) is 21.8. The van der Waals surface area contributed by atoms with Gasteiger partial charge in [-0.25, -0.2) is 28.5 Å². The quantitative estimate of drug-likeness (QED) is 0.142. The Morgan fingerprint density at radius 2 is 1.59 bits per heavy atom. The largest absolute Gasteiger partial charge is 0.508 e. The van der Waals surface area contributed by atoms with Crippen LogP contribution in [0.1, 0.15) is 35.1 Å². The lowest BCUT2D eigenvalue weighted by atomic mass is 9.52. The molecule has 6 aromatic rings. The summed E-state index contributed by atoms with van der Waals surface area (Å²) in [6.07, 6.45) is -2.66. The van der Waals surface area contributed by atoms with E-state index in [2.05, 4.69) is 10.4 Å². The fourth-order valence-corrected chi connectivity index (χ4v) is 9.08. The number of anilines is 1. The van der Waals surface area contributed by atoms with Crippen molar-refractivity contribution < 1.29 is 27.9 Å². The Hall–Kier alpha value is -6.12. The number of rotatable bonds is 5. The van der Waals surface area contributed by atoms with Crippen molar-refractivity contribution in [1.82, 2.24) is 23.9 Å². The van der Waals surface area contributed by atoms with E-state index >= 15 is 4.79 Å². The molecule has 11 nitrogen and oxygen atoms in total. The third-order valence-electron chi connectivity index (χ3n) is 11.1. The van der Waals surface area contributed by atoms with Crippen LogP contribution in [0.25, 0.3) is 16.5 Å². The van der Waals surface area contributed by atoms with Gasteiger partial charge in [0, 0.05) is 22.7 Å². The number of amides is 2. The average Bonchev–Trinajstić information content (AvgIpc) is 3.56. The smallest absolute Gasteiger partial charge is 0.417 e. The Kier molecular flexibility index (Phi) is 8.08. The number of imide groups is 1. The molecule has 4 atom stereocenters. The second-order valence-electron chi connectivity index (χ2n) is 13.8. The molecule has 1 saturated heterocycles. The topological polar surface area (TPSA) is 131 Å². The molecule has 56 heavy (non-hydrogen) atoms. The Morgan fingerprint density at radius 1 is 0.875 bits per heavy atom. The van der Waals surface area contributed by atoms with Crippen LogP contribution in [0, 0.1) is 5.92 Å². The predicted molar refractivity (Wildman–Crippen MR) is 201 cm³/mol. The van der Waals surface area contributed by atoms with E-state index in [-0.39, 0.29) is 18.7 Å². The Bertz CT molecular complexity index is 2780. The molecular weight excluding hydrogens is 772 g/mol. The molecule has 2 aliphatic heterocycles. The number of aromatic nitrogens is 4. The Labute approximate surface area is 324 Å². The molecule has 0 spiro atoms. The molecule has 4 heterocycles. The van der Waals surface area contributed by atoms with Crippen molar-refractivity contribution in [3.8, 4) is 11.4 Å². The van der Waals surface area contributed by atoms with Gasteiger partial charge in [0.05, 0.1) is 40.2 Å². The molecular formula is C40H27Cl2F3N6O5. The number of phenols is 1. The van der Waals surface area contributed by atoms with E-state index < -0.39 is 69.1 Å². The fourth-order valence-electron chi connectivity index (χ4n) is 8.74. The Morgan fingerprint density at radius 3 is 2.30 bits per heavy atom. The van der Waals surface area contributed by atoms with Crippen molar-refractivity contribution >= 4 is 51.6 Å². The van der Waals surface area contributed by atoms with E-state index in [1.54, 1.807) is 78.9 Å². The van der Waals surface area contributed by atoms with Gasteiger partial charge in [-0.15, -0.1) is 0 Å². The molecule has 2 N–H and O–H groups in total. The van der Waals surface area contributed by atoms with Crippen molar-refractivity contribution in [2.24, 2.45) is 5.92 Å². The molecule has 282 valence electrons. The molecule has 3 aliphatic rings. The highest BCUT2D eigenvalue weighted by Gasteiger charge is 2.69. The molecule has 0 bridgehead atoms. The highest BCUT2D eigenvalue weighted by molar-refractivity contribution is 6.33. The third kappa shape index (κ3) is 5.08. The second kappa shape index (κ2) is 12.7. The first-order valence-electron chi connectivity index (χ1n) is 17.4. The zero-order valence-corrected chi connectivity index (χ0v) is 30.3. The number of phenolic OH excluding ortho intramolecular Hbond substituents is 1. The summed E-state index contributed by atoms with van der Waals surface area (Å²) in [7, 11) is 0. The number of allylic oxidation sites excluding steroid dienone is 2. The molecule has 1 aliphatic carbocycles. The number of hydrogen-bond acceptors (Lipinski definition) is 7. The summed E-state index contributed by atoms with van der Waals surface area (Å²) in [4.78, 5) is 62.6. The van der Waals surface area contributed by atoms with E-state index in [9.17, 15) is 32.7 Å². The number of carbonyl (C=O) groups excluding carboxylic acids is 2. The Balaban J connectivity index is 1.31. The zero-order chi connectivity index (χ0) is 39.3. The van der Waals surface area contributed by atoms with Crippen LogP contribution in [0.3, 0.4) is 0 Å². The molecule has 4 aromatic carbocycles. The standard InChI is InChI=1S/C40H27Cl2F3N6O5/c41-24-13-11-22(12-14-24)39-28(35(53)50(36(39)54)47-34-29(42)18-23(20-46-34)40(43,44)45)19-30-27(33(39)32-26-9-5-4-6-21(26)10-15-31(32)52)16-17-48-37(55)49(38(56)51(30)48)25-7-2-1-3-8-25/h1-16,18,20,28,30,33,52H,17,19H2,(H,46,47)/t28-,30+,33+,39+/m0/s1. The summed E-state index contributed by atoms with van der Waals surface area (Å²) in [5.41, 5.74) is -0.226. The summed E-state index contributed by atoms with van der Waals surface area (Å²) >= 11 is 12.6. The SMILES string of the molecule is O=C1[C@@H]2C[C@@H]3C(=CCn4c(=O)n(-c5ccccc5)c(=O)n43)[C@H](c3c(O)ccc4ccccc34)[C@]2(c2ccc(Cl)cc2)C(=O)N1Nc1ncc(C(F)(F)F)cc1Cl. The maximum absolute atomic E-state index is 15.5. The van der Waals surface area contributed by atoms with Gasteiger partial charge < -0.3 is 5.11 Å². The average molecular weight is 800 g/mol. The van der Waals surface area contributed by atoms with Crippen LogP contribution < -0.4 is 16.8 Å². The van der Waals surface area contributed by atoms with E-state index in [0.717, 1.165) is 4.57 Å². The minimum absolute atomic E-state index is 0.0850. The van der Waals surface area contributed by atoms with Crippen LogP contribution in [0.5, 0.6) is 5.75 Å². The van der Waals surface area contributed by atoms with E-state index in [4.69, 9.17) is 23.2 Å². The van der Waals surface area contributed by atoms with Crippen LogP contribution in [0.4, 0.5) is 19.0 Å². The summed E-state index contributed by atoms with van der Waals surface area (Å²) in [6, 6.07) is 24.8.